The maximum atomic E-state index is 12.8. The van der Waals surface area contributed by atoms with Crippen LogP contribution in [0.3, 0.4) is 0 Å². The van der Waals surface area contributed by atoms with Crippen molar-refractivity contribution in [2.45, 2.75) is 58.7 Å². The lowest BCUT2D eigenvalue weighted by molar-refractivity contribution is -0.122. The summed E-state index contributed by atoms with van der Waals surface area (Å²) >= 11 is 0. The smallest absolute Gasteiger partial charge is 0.282 e. The molecule has 0 aromatic carbocycles. The topological polar surface area (TPSA) is 64.7 Å². The normalized spacial score (nSPS) is 14.4. The Bertz CT molecular complexity index is 733. The zero-order valence-corrected chi connectivity index (χ0v) is 13.8. The van der Waals surface area contributed by atoms with Crippen molar-refractivity contribution in [3.8, 4) is 0 Å². The lowest BCUT2D eigenvalue weighted by Crippen LogP contribution is -2.28. The summed E-state index contributed by atoms with van der Waals surface area (Å²) in [5.41, 5.74) is 2.29. The summed E-state index contributed by atoms with van der Waals surface area (Å²) < 4.78 is 28.9. The second kappa shape index (κ2) is 6.70. The van der Waals surface area contributed by atoms with E-state index in [1.54, 1.807) is 0 Å². The Morgan fingerprint density at radius 3 is 2.75 bits per heavy atom. The molecule has 1 aliphatic carbocycles. The van der Waals surface area contributed by atoms with E-state index in [-0.39, 0.29) is 24.1 Å². The van der Waals surface area contributed by atoms with E-state index in [1.807, 2.05) is 24.7 Å². The highest BCUT2D eigenvalue weighted by Crippen LogP contribution is 2.41. The minimum Gasteiger partial charge on any atom is -0.350 e. The first-order chi connectivity index (χ1) is 11.5. The minimum absolute atomic E-state index is 0.0421. The highest BCUT2D eigenvalue weighted by atomic mass is 19.3. The molecule has 0 radical (unpaired) electrons. The number of nitrogens with one attached hydrogen (secondary N) is 1. The van der Waals surface area contributed by atoms with Crippen LogP contribution in [0.4, 0.5) is 8.78 Å². The fourth-order valence-electron chi connectivity index (χ4n) is 2.67. The first kappa shape index (κ1) is 16.6. The van der Waals surface area contributed by atoms with Gasteiger partial charge in [0.15, 0.2) is 0 Å². The summed E-state index contributed by atoms with van der Waals surface area (Å²) in [4.78, 5) is 12.2. The average molecular weight is 337 g/mol. The van der Waals surface area contributed by atoms with E-state index in [4.69, 9.17) is 0 Å². The number of rotatable bonds is 7. The van der Waals surface area contributed by atoms with Crippen LogP contribution in [0.25, 0.3) is 0 Å². The van der Waals surface area contributed by atoms with Gasteiger partial charge < -0.3 is 5.32 Å². The molecule has 1 aliphatic rings. The van der Waals surface area contributed by atoms with Gasteiger partial charge in [0.25, 0.3) is 6.43 Å². The Morgan fingerprint density at radius 2 is 2.17 bits per heavy atom. The van der Waals surface area contributed by atoms with Gasteiger partial charge in [0.1, 0.15) is 12.2 Å². The fraction of sp³-hybridized carbons (Fsp3) is 0.562. The maximum Gasteiger partial charge on any atom is 0.282 e. The van der Waals surface area contributed by atoms with Crippen molar-refractivity contribution in [1.82, 2.24) is 24.9 Å². The van der Waals surface area contributed by atoms with Crippen molar-refractivity contribution in [2.24, 2.45) is 0 Å². The zero-order chi connectivity index (χ0) is 17.3. The van der Waals surface area contributed by atoms with Crippen LogP contribution in [-0.4, -0.2) is 25.5 Å². The Morgan fingerprint density at radius 1 is 1.42 bits per heavy atom. The molecule has 0 bridgehead atoms. The minimum atomic E-state index is -2.62. The van der Waals surface area contributed by atoms with Crippen molar-refractivity contribution in [3.63, 3.8) is 0 Å². The SMILES string of the molecule is CCn1cc(CNC(=O)Cn2nc(C(F)F)cc2C2CC2)c(C)n1. The first-order valence-electron chi connectivity index (χ1n) is 8.13. The second-order valence-electron chi connectivity index (χ2n) is 6.10. The average Bonchev–Trinajstić information content (AvgIpc) is 3.20. The molecule has 0 unspecified atom stereocenters. The summed E-state index contributed by atoms with van der Waals surface area (Å²) in [6.07, 6.45) is 1.21. The molecular formula is C16H21F2N5O. The van der Waals surface area contributed by atoms with Crippen LogP contribution in [0.2, 0.25) is 0 Å². The Balaban J connectivity index is 1.63. The molecule has 2 heterocycles. The van der Waals surface area contributed by atoms with Crippen molar-refractivity contribution in [2.75, 3.05) is 0 Å². The van der Waals surface area contributed by atoms with Crippen LogP contribution in [0, 0.1) is 6.92 Å². The van der Waals surface area contributed by atoms with Gasteiger partial charge in [-0.05, 0) is 32.8 Å². The molecule has 2 aromatic rings. The second-order valence-corrected chi connectivity index (χ2v) is 6.10. The van der Waals surface area contributed by atoms with E-state index in [9.17, 15) is 13.6 Å². The number of aromatic nitrogens is 4. The standard InChI is InChI=1S/C16H21F2N5O/c1-3-22-8-12(10(2)20-22)7-19-15(24)9-23-14(11-4-5-11)6-13(21-23)16(17)18/h6,8,11,16H,3-5,7,9H2,1-2H3,(H,19,24). The van der Waals surface area contributed by atoms with Gasteiger partial charge in [-0.2, -0.15) is 10.2 Å². The van der Waals surface area contributed by atoms with Crippen LogP contribution in [0.15, 0.2) is 12.3 Å². The molecule has 6 nitrogen and oxygen atoms in total. The number of alkyl halides is 2. The monoisotopic (exact) mass is 337 g/mol. The van der Waals surface area contributed by atoms with Crippen molar-refractivity contribution < 1.29 is 13.6 Å². The van der Waals surface area contributed by atoms with E-state index in [2.05, 4.69) is 15.5 Å². The van der Waals surface area contributed by atoms with Gasteiger partial charge >= 0.3 is 0 Å². The molecule has 1 saturated carbocycles. The molecule has 0 spiro atoms. The van der Waals surface area contributed by atoms with Gasteiger partial charge in [0.05, 0.1) is 5.69 Å². The molecule has 0 saturated heterocycles. The summed E-state index contributed by atoms with van der Waals surface area (Å²) in [5.74, 6) is 0.00675. The predicted molar refractivity (Wildman–Crippen MR) is 83.6 cm³/mol. The van der Waals surface area contributed by atoms with Gasteiger partial charge in [0, 0.05) is 36.5 Å². The molecular weight excluding hydrogens is 316 g/mol. The van der Waals surface area contributed by atoms with Crippen LogP contribution in [0.5, 0.6) is 0 Å². The molecule has 2 aromatic heterocycles. The van der Waals surface area contributed by atoms with E-state index >= 15 is 0 Å². The molecule has 1 N–H and O–H groups in total. The number of aryl methyl sites for hydroxylation is 2. The number of hydrogen-bond acceptors (Lipinski definition) is 3. The molecule has 24 heavy (non-hydrogen) atoms. The number of amides is 1. The first-order valence-corrected chi connectivity index (χ1v) is 8.13. The van der Waals surface area contributed by atoms with Gasteiger partial charge in [-0.3, -0.25) is 14.2 Å². The summed E-state index contributed by atoms with van der Waals surface area (Å²) in [6, 6.07) is 1.42. The van der Waals surface area contributed by atoms with Crippen LogP contribution < -0.4 is 5.32 Å². The number of carbonyl (C=O) groups excluding carboxylic acids is 1. The van der Waals surface area contributed by atoms with Crippen molar-refractivity contribution >= 4 is 5.91 Å². The maximum absolute atomic E-state index is 12.8. The largest absolute Gasteiger partial charge is 0.350 e. The van der Waals surface area contributed by atoms with Crippen molar-refractivity contribution in [3.05, 3.63) is 34.9 Å². The van der Waals surface area contributed by atoms with Gasteiger partial charge in [-0.1, -0.05) is 0 Å². The summed E-state index contributed by atoms with van der Waals surface area (Å²) in [5, 5.41) is 11.0. The number of hydrogen-bond donors (Lipinski definition) is 1. The summed E-state index contributed by atoms with van der Waals surface area (Å²) in [7, 11) is 0. The lowest BCUT2D eigenvalue weighted by atomic mass is 10.2. The van der Waals surface area contributed by atoms with Gasteiger partial charge in [-0.15, -0.1) is 0 Å². The number of halogens is 2. The quantitative estimate of drug-likeness (QED) is 0.844. The Kier molecular flexibility index (Phi) is 4.64. The Labute approximate surface area is 138 Å². The summed E-state index contributed by atoms with van der Waals surface area (Å²) in [6.45, 7) is 4.98. The van der Waals surface area contributed by atoms with E-state index in [0.29, 0.717) is 6.54 Å². The van der Waals surface area contributed by atoms with Crippen LogP contribution in [0.1, 0.15) is 54.8 Å². The van der Waals surface area contributed by atoms with E-state index in [0.717, 1.165) is 36.3 Å². The lowest BCUT2D eigenvalue weighted by Gasteiger charge is -2.07. The third kappa shape index (κ3) is 3.63. The molecule has 8 heteroatoms. The van der Waals surface area contributed by atoms with Gasteiger partial charge in [0.2, 0.25) is 5.91 Å². The fourth-order valence-corrected chi connectivity index (χ4v) is 2.67. The molecule has 0 aliphatic heterocycles. The Hall–Kier alpha value is -2.25. The zero-order valence-electron chi connectivity index (χ0n) is 13.8. The van der Waals surface area contributed by atoms with Crippen LogP contribution in [-0.2, 0) is 24.4 Å². The molecule has 0 atom stereocenters. The molecule has 130 valence electrons. The van der Waals surface area contributed by atoms with E-state index in [1.165, 1.54) is 10.7 Å². The van der Waals surface area contributed by atoms with Crippen LogP contribution >= 0.6 is 0 Å². The molecule has 1 fully saturated rings. The highest BCUT2D eigenvalue weighted by molar-refractivity contribution is 5.75. The third-order valence-corrected chi connectivity index (χ3v) is 4.19. The highest BCUT2D eigenvalue weighted by Gasteiger charge is 2.30. The van der Waals surface area contributed by atoms with Crippen molar-refractivity contribution in [1.29, 1.82) is 0 Å². The molecule has 1 amide bonds. The van der Waals surface area contributed by atoms with E-state index < -0.39 is 6.43 Å². The number of carbonyl (C=O) groups is 1. The predicted octanol–water partition coefficient (Wildman–Crippen LogP) is 2.54. The number of nitrogens with zero attached hydrogens (tertiary/aromatic N) is 4. The van der Waals surface area contributed by atoms with Gasteiger partial charge in [-0.25, -0.2) is 8.78 Å². The third-order valence-electron chi connectivity index (χ3n) is 4.19. The molecule has 3 rings (SSSR count).